The van der Waals surface area contributed by atoms with Crippen molar-refractivity contribution in [2.75, 3.05) is 30.3 Å². The Morgan fingerprint density at radius 1 is 0.833 bits per heavy atom. The first kappa shape index (κ1) is 28.1. The normalized spacial score (nSPS) is 17.4. The number of benzene rings is 3. The second-order valence-electron chi connectivity index (χ2n) is 11.1. The Hall–Kier alpha value is -4.02. The molecule has 6 rings (SSSR count). The van der Waals surface area contributed by atoms with Crippen LogP contribution in [0.4, 0.5) is 11.8 Å². The number of para-hydroxylation sites is 1. The second-order valence-corrected chi connectivity index (χ2v) is 12.9. The molecular formula is C32H37N7O2S. The third kappa shape index (κ3) is 6.88. The highest BCUT2D eigenvalue weighted by atomic mass is 32.2. The summed E-state index contributed by atoms with van der Waals surface area (Å²) in [5.41, 5.74) is 0.912. The number of fused-ring (bicyclic) bond motifs is 2. The maximum atomic E-state index is 13.0. The Morgan fingerprint density at radius 3 is 2.40 bits per heavy atom. The number of nitrogens with zero attached hydrogens (tertiary/aromatic N) is 4. The van der Waals surface area contributed by atoms with Gasteiger partial charge in [0.2, 0.25) is 16.0 Å². The number of hydrogen-bond acceptors (Lipinski definition) is 7. The van der Waals surface area contributed by atoms with Gasteiger partial charge in [-0.05, 0) is 79.0 Å². The van der Waals surface area contributed by atoms with Crippen LogP contribution in [0.25, 0.3) is 21.7 Å². The molecule has 1 aliphatic rings. The molecule has 9 nitrogen and oxygen atoms in total. The summed E-state index contributed by atoms with van der Waals surface area (Å²) in [7, 11) is -3.54. The topological polar surface area (TPSA) is 114 Å². The molecule has 2 aromatic heterocycles. The van der Waals surface area contributed by atoms with Crippen LogP contribution in [0, 0.1) is 11.8 Å². The summed E-state index contributed by atoms with van der Waals surface area (Å²) < 4.78 is 30.8. The first-order valence-corrected chi connectivity index (χ1v) is 16.2. The molecule has 0 atom stereocenters. The molecular weight excluding hydrogens is 546 g/mol. The van der Waals surface area contributed by atoms with Gasteiger partial charge in [0.15, 0.2) is 0 Å². The highest BCUT2D eigenvalue weighted by Crippen LogP contribution is 2.29. The monoisotopic (exact) mass is 583 g/mol. The van der Waals surface area contributed by atoms with Crippen molar-refractivity contribution in [1.29, 1.82) is 0 Å². The van der Waals surface area contributed by atoms with E-state index >= 15 is 0 Å². The molecule has 5 aromatic rings. The molecule has 3 aromatic carbocycles. The highest BCUT2D eigenvalue weighted by molar-refractivity contribution is 7.89. The Labute approximate surface area is 246 Å². The minimum absolute atomic E-state index is 0.321. The van der Waals surface area contributed by atoms with Crippen LogP contribution in [0.3, 0.4) is 0 Å². The van der Waals surface area contributed by atoms with Crippen LogP contribution in [0.5, 0.6) is 0 Å². The molecule has 0 unspecified atom stereocenters. The number of aryl methyl sites for hydroxylation is 1. The summed E-state index contributed by atoms with van der Waals surface area (Å²) in [6.07, 6.45) is 10.6. The van der Waals surface area contributed by atoms with Crippen molar-refractivity contribution in [3.05, 3.63) is 85.5 Å². The SMILES string of the molecule is O=S(=O)(NCC1CCC(CNc2nc(NCCCn3ccnc3)c3ccccc3n2)CC1)c1ccc2ccccc2c1. The van der Waals surface area contributed by atoms with Crippen molar-refractivity contribution < 1.29 is 8.42 Å². The largest absolute Gasteiger partial charge is 0.369 e. The molecule has 0 spiro atoms. The zero-order valence-electron chi connectivity index (χ0n) is 23.6. The van der Waals surface area contributed by atoms with E-state index in [1.165, 1.54) is 0 Å². The van der Waals surface area contributed by atoms with Crippen molar-refractivity contribution in [2.45, 2.75) is 43.5 Å². The van der Waals surface area contributed by atoms with Crippen LogP contribution in [-0.4, -0.2) is 47.6 Å². The average Bonchev–Trinajstić information content (AvgIpc) is 3.55. The predicted molar refractivity (Wildman–Crippen MR) is 168 cm³/mol. The molecule has 0 aliphatic heterocycles. The van der Waals surface area contributed by atoms with Crippen LogP contribution in [0.1, 0.15) is 32.1 Å². The maximum Gasteiger partial charge on any atom is 0.240 e. The summed E-state index contributed by atoms with van der Waals surface area (Å²) in [5.74, 6) is 2.32. The van der Waals surface area contributed by atoms with Gasteiger partial charge in [-0.25, -0.2) is 23.1 Å². The van der Waals surface area contributed by atoms with Crippen LogP contribution in [0.15, 0.2) is 90.3 Å². The number of nitrogens with one attached hydrogen (secondary N) is 3. The minimum Gasteiger partial charge on any atom is -0.369 e. The Kier molecular flexibility index (Phi) is 8.62. The van der Waals surface area contributed by atoms with E-state index in [2.05, 4.69) is 24.9 Å². The summed E-state index contributed by atoms with van der Waals surface area (Å²) in [4.78, 5) is 14.0. The van der Waals surface area contributed by atoms with Gasteiger partial charge in [0, 0.05) is 44.0 Å². The first-order chi connectivity index (χ1) is 20.5. The van der Waals surface area contributed by atoms with Crippen LogP contribution in [0.2, 0.25) is 0 Å². The molecule has 10 heteroatoms. The van der Waals surface area contributed by atoms with Crippen LogP contribution >= 0.6 is 0 Å². The molecule has 1 fully saturated rings. The molecule has 0 amide bonds. The fraction of sp³-hybridized carbons (Fsp3) is 0.344. The summed E-state index contributed by atoms with van der Waals surface area (Å²) >= 11 is 0. The molecule has 42 heavy (non-hydrogen) atoms. The number of rotatable bonds is 12. The molecule has 218 valence electrons. The molecule has 1 aliphatic carbocycles. The van der Waals surface area contributed by atoms with Crippen LogP contribution in [-0.2, 0) is 16.6 Å². The van der Waals surface area contributed by atoms with Gasteiger partial charge in [0.25, 0.3) is 0 Å². The standard InChI is InChI=1S/C32H37N7O2S/c40-42(41,28-15-14-26-6-1-2-7-27(26)20-28)36-22-25-12-10-24(11-13-25)21-35-32-37-30-9-4-3-8-29(30)31(38-32)34-16-5-18-39-19-17-33-23-39/h1-4,6-9,14-15,17,19-20,23-25,36H,5,10-13,16,18,21-22H2,(H2,34,35,37,38). The van der Waals surface area contributed by atoms with E-state index in [9.17, 15) is 8.42 Å². The van der Waals surface area contributed by atoms with Gasteiger partial charge in [-0.3, -0.25) is 0 Å². The fourth-order valence-corrected chi connectivity index (χ4v) is 6.85. The van der Waals surface area contributed by atoms with Crippen molar-refractivity contribution >= 4 is 43.5 Å². The Balaban J connectivity index is 0.990. The number of aromatic nitrogens is 4. The van der Waals surface area contributed by atoms with Gasteiger partial charge in [0.1, 0.15) is 5.82 Å². The van der Waals surface area contributed by atoms with Gasteiger partial charge in [-0.15, -0.1) is 0 Å². The van der Waals surface area contributed by atoms with Crippen LogP contribution < -0.4 is 15.4 Å². The minimum atomic E-state index is -3.54. The molecule has 1 saturated carbocycles. The van der Waals surface area contributed by atoms with Crippen molar-refractivity contribution in [3.8, 4) is 0 Å². The summed E-state index contributed by atoms with van der Waals surface area (Å²) in [6, 6.07) is 21.2. The molecule has 2 heterocycles. The fourth-order valence-electron chi connectivity index (χ4n) is 5.70. The van der Waals surface area contributed by atoms with Gasteiger partial charge in [-0.2, -0.15) is 4.98 Å². The second kappa shape index (κ2) is 12.9. The Bertz CT molecular complexity index is 1730. The zero-order valence-corrected chi connectivity index (χ0v) is 24.4. The van der Waals surface area contributed by atoms with Crippen molar-refractivity contribution in [1.82, 2.24) is 24.2 Å². The Morgan fingerprint density at radius 2 is 1.60 bits per heavy atom. The lowest BCUT2D eigenvalue weighted by Crippen LogP contribution is -2.32. The molecule has 0 saturated heterocycles. The molecule has 0 bridgehead atoms. The number of sulfonamides is 1. The molecule has 3 N–H and O–H groups in total. The summed E-state index contributed by atoms with van der Waals surface area (Å²) in [6.45, 7) is 2.97. The van der Waals surface area contributed by atoms with Gasteiger partial charge >= 0.3 is 0 Å². The van der Waals surface area contributed by atoms with Gasteiger partial charge < -0.3 is 15.2 Å². The van der Waals surface area contributed by atoms with Gasteiger partial charge in [-0.1, -0.05) is 42.5 Å². The smallest absolute Gasteiger partial charge is 0.240 e. The lowest BCUT2D eigenvalue weighted by Gasteiger charge is -2.28. The molecule has 0 radical (unpaired) electrons. The quantitative estimate of drug-likeness (QED) is 0.162. The van der Waals surface area contributed by atoms with E-state index in [-0.39, 0.29) is 0 Å². The lowest BCUT2D eigenvalue weighted by atomic mass is 9.82. The van der Waals surface area contributed by atoms with Crippen molar-refractivity contribution in [3.63, 3.8) is 0 Å². The highest BCUT2D eigenvalue weighted by Gasteiger charge is 2.24. The van der Waals surface area contributed by atoms with E-state index < -0.39 is 10.0 Å². The van der Waals surface area contributed by atoms with E-state index in [1.54, 1.807) is 18.3 Å². The first-order valence-electron chi connectivity index (χ1n) is 14.7. The third-order valence-electron chi connectivity index (χ3n) is 8.16. The number of hydrogen-bond donors (Lipinski definition) is 3. The third-order valence-corrected chi connectivity index (χ3v) is 9.58. The average molecular weight is 584 g/mol. The van der Waals surface area contributed by atoms with Gasteiger partial charge in [0.05, 0.1) is 16.7 Å². The zero-order chi connectivity index (χ0) is 28.8. The lowest BCUT2D eigenvalue weighted by molar-refractivity contribution is 0.284. The van der Waals surface area contributed by atoms with E-state index in [0.717, 1.165) is 79.2 Å². The van der Waals surface area contributed by atoms with E-state index in [1.807, 2.05) is 67.1 Å². The van der Waals surface area contributed by atoms with E-state index in [4.69, 9.17) is 9.97 Å². The number of anilines is 2. The number of imidazole rings is 1. The maximum absolute atomic E-state index is 13.0. The van der Waals surface area contributed by atoms with E-state index in [0.29, 0.717) is 29.2 Å². The summed E-state index contributed by atoms with van der Waals surface area (Å²) in [5, 5.41) is 9.95. The van der Waals surface area contributed by atoms with Crippen molar-refractivity contribution in [2.24, 2.45) is 11.8 Å². The predicted octanol–water partition coefficient (Wildman–Crippen LogP) is 5.68.